The fraction of sp³-hybridized carbons (Fsp3) is 0.304. The average Bonchev–Trinajstić information content (AvgIpc) is 2.73. The summed E-state index contributed by atoms with van der Waals surface area (Å²) in [7, 11) is 0. The van der Waals surface area contributed by atoms with Gasteiger partial charge in [-0.15, -0.1) is 0 Å². The van der Waals surface area contributed by atoms with Gasteiger partial charge in [0.15, 0.2) is 0 Å². The minimum Gasteiger partial charge on any atom is -0.422 e. The highest BCUT2D eigenvalue weighted by atomic mass is 16.4. The molecule has 0 saturated carbocycles. The molecule has 1 amide bonds. The molecule has 27 heavy (non-hydrogen) atoms. The molecule has 2 aromatic carbocycles. The fourth-order valence-corrected chi connectivity index (χ4v) is 3.93. The van der Waals surface area contributed by atoms with Crippen molar-refractivity contribution < 1.29 is 9.21 Å². The Morgan fingerprint density at radius 1 is 0.926 bits per heavy atom. The Bertz CT molecular complexity index is 987. The highest BCUT2D eigenvalue weighted by molar-refractivity contribution is 5.83. The van der Waals surface area contributed by atoms with Crippen LogP contribution in [0, 0.1) is 0 Å². The summed E-state index contributed by atoms with van der Waals surface area (Å²) in [5.74, 6) is 0.0220. The average molecular weight is 361 g/mol. The third-order valence-corrected chi connectivity index (χ3v) is 5.34. The zero-order valence-corrected chi connectivity index (χ0v) is 15.3. The second-order valence-corrected chi connectivity index (χ2v) is 7.13. The minimum absolute atomic E-state index is 0.144. The second kappa shape index (κ2) is 7.78. The zero-order valence-electron chi connectivity index (χ0n) is 15.3. The number of piperidine rings is 1. The van der Waals surface area contributed by atoms with Crippen molar-refractivity contribution in [2.24, 2.45) is 0 Å². The molecule has 1 fully saturated rings. The van der Waals surface area contributed by atoms with E-state index in [-0.39, 0.29) is 17.5 Å². The SMILES string of the molecule is O=C(CC(c1ccccc1)c1cccc2ccc(=O)oc12)N1CCCCC1. The summed E-state index contributed by atoms with van der Waals surface area (Å²) in [6.45, 7) is 1.68. The van der Waals surface area contributed by atoms with Gasteiger partial charge in [-0.3, -0.25) is 4.79 Å². The Morgan fingerprint density at radius 2 is 1.70 bits per heavy atom. The van der Waals surface area contributed by atoms with E-state index in [2.05, 4.69) is 0 Å². The number of fused-ring (bicyclic) bond motifs is 1. The number of hydrogen-bond donors (Lipinski definition) is 0. The lowest BCUT2D eigenvalue weighted by Crippen LogP contribution is -2.36. The summed E-state index contributed by atoms with van der Waals surface area (Å²) < 4.78 is 5.54. The van der Waals surface area contributed by atoms with Crippen molar-refractivity contribution in [2.45, 2.75) is 31.6 Å². The topological polar surface area (TPSA) is 50.5 Å². The van der Waals surface area contributed by atoms with Crippen LogP contribution in [0.15, 0.2) is 69.9 Å². The molecule has 4 rings (SSSR count). The van der Waals surface area contributed by atoms with E-state index in [4.69, 9.17) is 4.42 Å². The number of amides is 1. The largest absolute Gasteiger partial charge is 0.422 e. The van der Waals surface area contributed by atoms with E-state index in [1.54, 1.807) is 6.07 Å². The molecular formula is C23H23NO3. The third-order valence-electron chi connectivity index (χ3n) is 5.34. The van der Waals surface area contributed by atoms with Crippen LogP contribution < -0.4 is 5.63 Å². The van der Waals surface area contributed by atoms with Crippen LogP contribution in [0.3, 0.4) is 0 Å². The summed E-state index contributed by atoms with van der Waals surface area (Å²) in [5.41, 5.74) is 2.15. The molecule has 0 spiro atoms. The molecule has 4 heteroatoms. The Balaban J connectivity index is 1.76. The van der Waals surface area contributed by atoms with E-state index in [1.165, 1.54) is 12.5 Å². The lowest BCUT2D eigenvalue weighted by atomic mass is 9.87. The van der Waals surface area contributed by atoms with Crippen LogP contribution in [0.4, 0.5) is 0 Å². The number of benzene rings is 2. The molecule has 1 aromatic heterocycles. The summed E-state index contributed by atoms with van der Waals surface area (Å²) in [4.78, 5) is 26.8. The maximum absolute atomic E-state index is 13.0. The molecule has 0 N–H and O–H groups in total. The van der Waals surface area contributed by atoms with Gasteiger partial charge in [0.2, 0.25) is 5.91 Å². The van der Waals surface area contributed by atoms with Crippen molar-refractivity contribution >= 4 is 16.9 Å². The maximum atomic E-state index is 13.0. The van der Waals surface area contributed by atoms with Crippen LogP contribution in [0.5, 0.6) is 0 Å². The third kappa shape index (κ3) is 3.80. The summed E-state index contributed by atoms with van der Waals surface area (Å²) in [6.07, 6.45) is 3.72. The van der Waals surface area contributed by atoms with Crippen molar-refractivity contribution in [1.29, 1.82) is 0 Å². The maximum Gasteiger partial charge on any atom is 0.336 e. The Labute approximate surface area is 158 Å². The van der Waals surface area contributed by atoms with Crippen LogP contribution in [-0.2, 0) is 4.79 Å². The molecule has 3 aromatic rings. The van der Waals surface area contributed by atoms with E-state index in [0.29, 0.717) is 12.0 Å². The molecule has 1 saturated heterocycles. The van der Waals surface area contributed by atoms with Gasteiger partial charge >= 0.3 is 5.63 Å². The van der Waals surface area contributed by atoms with Gasteiger partial charge in [0.25, 0.3) is 0 Å². The second-order valence-electron chi connectivity index (χ2n) is 7.13. The highest BCUT2D eigenvalue weighted by Crippen LogP contribution is 2.33. The molecule has 1 atom stereocenters. The van der Waals surface area contributed by atoms with Gasteiger partial charge in [0.05, 0.1) is 0 Å². The highest BCUT2D eigenvalue weighted by Gasteiger charge is 2.25. The number of rotatable bonds is 4. The Morgan fingerprint density at radius 3 is 2.48 bits per heavy atom. The van der Waals surface area contributed by atoms with Gasteiger partial charge in [0, 0.05) is 42.4 Å². The van der Waals surface area contributed by atoms with Gasteiger partial charge in [-0.1, -0.05) is 48.5 Å². The van der Waals surface area contributed by atoms with Crippen LogP contribution in [0.2, 0.25) is 0 Å². The van der Waals surface area contributed by atoms with Gasteiger partial charge < -0.3 is 9.32 Å². The predicted molar refractivity (Wildman–Crippen MR) is 106 cm³/mol. The molecule has 1 aliphatic heterocycles. The van der Waals surface area contributed by atoms with Crippen LogP contribution in [0.1, 0.15) is 42.7 Å². The minimum atomic E-state index is -0.371. The molecule has 4 nitrogen and oxygen atoms in total. The van der Waals surface area contributed by atoms with Crippen molar-refractivity contribution in [1.82, 2.24) is 4.90 Å². The molecule has 2 heterocycles. The Hall–Kier alpha value is -2.88. The Kier molecular flexibility index (Phi) is 5.05. The number of likely N-dealkylation sites (tertiary alicyclic amines) is 1. The molecule has 0 bridgehead atoms. The smallest absolute Gasteiger partial charge is 0.336 e. The fourth-order valence-electron chi connectivity index (χ4n) is 3.93. The molecule has 138 valence electrons. The lowest BCUT2D eigenvalue weighted by Gasteiger charge is -2.29. The van der Waals surface area contributed by atoms with Gasteiger partial charge in [0.1, 0.15) is 5.58 Å². The van der Waals surface area contributed by atoms with Gasteiger partial charge in [-0.05, 0) is 30.9 Å². The molecule has 1 aliphatic rings. The lowest BCUT2D eigenvalue weighted by molar-refractivity contribution is -0.132. The standard InChI is InChI=1S/C23H23NO3/c25-21(24-14-5-2-6-15-24)16-20(17-8-3-1-4-9-17)19-11-7-10-18-12-13-22(26)27-23(18)19/h1,3-4,7-13,20H,2,5-6,14-16H2. The van der Waals surface area contributed by atoms with Crippen molar-refractivity contribution in [3.05, 3.63) is 82.2 Å². The molecule has 0 radical (unpaired) electrons. The normalized spacial score (nSPS) is 15.6. The van der Waals surface area contributed by atoms with Crippen LogP contribution >= 0.6 is 0 Å². The first-order valence-corrected chi connectivity index (χ1v) is 9.58. The first-order chi connectivity index (χ1) is 13.2. The van der Waals surface area contributed by atoms with Crippen LogP contribution in [-0.4, -0.2) is 23.9 Å². The van der Waals surface area contributed by atoms with Crippen molar-refractivity contribution in [3.63, 3.8) is 0 Å². The van der Waals surface area contributed by atoms with E-state index >= 15 is 0 Å². The molecule has 1 unspecified atom stereocenters. The number of carbonyl (C=O) groups is 1. The van der Waals surface area contributed by atoms with Crippen LogP contribution in [0.25, 0.3) is 11.0 Å². The summed E-state index contributed by atoms with van der Waals surface area (Å²) in [5, 5.41) is 0.874. The first-order valence-electron chi connectivity index (χ1n) is 9.58. The van der Waals surface area contributed by atoms with Gasteiger partial charge in [-0.2, -0.15) is 0 Å². The first kappa shape index (κ1) is 17.5. The monoisotopic (exact) mass is 361 g/mol. The number of carbonyl (C=O) groups excluding carboxylic acids is 1. The van der Waals surface area contributed by atoms with Crippen molar-refractivity contribution in [3.8, 4) is 0 Å². The molecular weight excluding hydrogens is 338 g/mol. The van der Waals surface area contributed by atoms with Gasteiger partial charge in [-0.25, -0.2) is 4.79 Å². The number of para-hydroxylation sites is 1. The van der Waals surface area contributed by atoms with E-state index in [9.17, 15) is 9.59 Å². The van der Waals surface area contributed by atoms with Crippen molar-refractivity contribution in [2.75, 3.05) is 13.1 Å². The quantitative estimate of drug-likeness (QED) is 0.650. The number of nitrogens with zero attached hydrogens (tertiary/aromatic N) is 1. The van der Waals surface area contributed by atoms with E-state index < -0.39 is 0 Å². The number of hydrogen-bond acceptors (Lipinski definition) is 3. The van der Waals surface area contributed by atoms with E-state index in [0.717, 1.165) is 42.4 Å². The molecule has 0 aliphatic carbocycles. The zero-order chi connectivity index (χ0) is 18.6. The summed E-state index contributed by atoms with van der Waals surface area (Å²) >= 11 is 0. The predicted octanol–water partition coefficient (Wildman–Crippen LogP) is 4.33. The summed E-state index contributed by atoms with van der Waals surface area (Å²) in [6, 6.07) is 19.1. The van der Waals surface area contributed by atoms with E-state index in [1.807, 2.05) is 53.4 Å².